The molecule has 0 aliphatic rings. The normalized spacial score (nSPS) is 11.8. The van der Waals surface area contributed by atoms with Gasteiger partial charge in [0, 0.05) is 7.05 Å². The van der Waals surface area contributed by atoms with Crippen molar-refractivity contribution in [3.8, 4) is 0 Å². The van der Waals surface area contributed by atoms with Crippen molar-refractivity contribution >= 4 is 26.7 Å². The smallest absolute Gasteiger partial charge is 0.264 e. The van der Waals surface area contributed by atoms with Crippen LogP contribution in [-0.2, 0) is 10.0 Å². The van der Waals surface area contributed by atoms with Crippen molar-refractivity contribution in [3.05, 3.63) is 53.9 Å². The Bertz CT molecular complexity index is 945. The van der Waals surface area contributed by atoms with E-state index in [1.54, 1.807) is 43.7 Å². The maximum atomic E-state index is 12.8. The monoisotopic (exact) mass is 315 g/mol. The molecule has 1 N–H and O–H groups in total. The van der Waals surface area contributed by atoms with E-state index in [1.165, 1.54) is 4.31 Å². The third-order valence-electron chi connectivity index (χ3n) is 3.90. The molecule has 5 nitrogen and oxygen atoms in total. The fraction of sp³-hybridized carbons (Fsp3) is 0.188. The van der Waals surface area contributed by atoms with E-state index in [0.717, 1.165) is 22.2 Å². The zero-order chi connectivity index (χ0) is 15.9. The molecule has 0 amide bonds. The second-order valence-electron chi connectivity index (χ2n) is 5.32. The molecule has 2 aromatic carbocycles. The fourth-order valence-electron chi connectivity index (χ4n) is 2.29. The van der Waals surface area contributed by atoms with E-state index >= 15 is 0 Å². The minimum Gasteiger partial charge on any atom is -0.345 e. The van der Waals surface area contributed by atoms with Crippen LogP contribution in [0.5, 0.6) is 0 Å². The van der Waals surface area contributed by atoms with E-state index < -0.39 is 10.0 Å². The number of nitrogens with one attached hydrogen (secondary N) is 1. The largest absolute Gasteiger partial charge is 0.345 e. The zero-order valence-corrected chi connectivity index (χ0v) is 13.5. The molecule has 0 atom stereocenters. The Morgan fingerprint density at radius 1 is 1.05 bits per heavy atom. The summed E-state index contributed by atoms with van der Waals surface area (Å²) < 4.78 is 26.8. The van der Waals surface area contributed by atoms with Crippen LogP contribution in [0.2, 0.25) is 0 Å². The first-order valence-corrected chi connectivity index (χ1v) is 8.33. The Balaban J connectivity index is 2.05. The maximum absolute atomic E-state index is 12.8. The molecular weight excluding hydrogens is 298 g/mol. The number of rotatable bonds is 3. The number of H-pyrrole nitrogens is 1. The second-order valence-corrected chi connectivity index (χ2v) is 7.29. The van der Waals surface area contributed by atoms with Crippen LogP contribution in [0, 0.1) is 13.8 Å². The van der Waals surface area contributed by atoms with Gasteiger partial charge in [-0.3, -0.25) is 4.31 Å². The number of benzene rings is 2. The van der Waals surface area contributed by atoms with Crippen molar-refractivity contribution in [1.29, 1.82) is 0 Å². The lowest BCUT2D eigenvalue weighted by molar-refractivity contribution is 0.594. The third-order valence-corrected chi connectivity index (χ3v) is 5.69. The molecule has 114 valence electrons. The van der Waals surface area contributed by atoms with Gasteiger partial charge in [-0.25, -0.2) is 13.4 Å². The summed E-state index contributed by atoms with van der Waals surface area (Å²) in [5, 5.41) is 0. The number of aryl methyl sites for hydroxylation is 2. The van der Waals surface area contributed by atoms with Gasteiger partial charge in [-0.2, -0.15) is 0 Å². The molecule has 0 spiro atoms. The summed E-state index contributed by atoms with van der Waals surface area (Å²) in [6.45, 7) is 3.87. The van der Waals surface area contributed by atoms with Gasteiger partial charge in [0.25, 0.3) is 10.0 Å². The molecule has 1 heterocycles. The number of sulfonamides is 1. The lowest BCUT2D eigenvalue weighted by atomic mass is 10.1. The van der Waals surface area contributed by atoms with Gasteiger partial charge in [-0.05, 0) is 55.3 Å². The Hall–Kier alpha value is -2.34. The van der Waals surface area contributed by atoms with Crippen molar-refractivity contribution in [2.24, 2.45) is 0 Å². The molecule has 0 unspecified atom stereocenters. The average molecular weight is 315 g/mol. The van der Waals surface area contributed by atoms with E-state index in [9.17, 15) is 8.42 Å². The van der Waals surface area contributed by atoms with Crippen molar-refractivity contribution in [2.45, 2.75) is 18.7 Å². The quantitative estimate of drug-likeness (QED) is 0.808. The van der Waals surface area contributed by atoms with Crippen molar-refractivity contribution in [3.63, 3.8) is 0 Å². The predicted molar refractivity (Wildman–Crippen MR) is 87.6 cm³/mol. The van der Waals surface area contributed by atoms with Crippen LogP contribution in [0.3, 0.4) is 0 Å². The summed E-state index contributed by atoms with van der Waals surface area (Å²) in [5.74, 6) is 0. The van der Waals surface area contributed by atoms with E-state index in [2.05, 4.69) is 9.97 Å². The highest BCUT2D eigenvalue weighted by molar-refractivity contribution is 7.92. The summed E-state index contributed by atoms with van der Waals surface area (Å²) in [5.41, 5.74) is 4.23. The van der Waals surface area contributed by atoms with Crippen LogP contribution in [0.25, 0.3) is 11.0 Å². The molecule has 0 saturated carbocycles. The highest BCUT2D eigenvalue weighted by Gasteiger charge is 2.22. The summed E-state index contributed by atoms with van der Waals surface area (Å²) in [6.07, 6.45) is 1.59. The van der Waals surface area contributed by atoms with Gasteiger partial charge < -0.3 is 4.98 Å². The van der Waals surface area contributed by atoms with Crippen LogP contribution in [0.1, 0.15) is 11.1 Å². The Morgan fingerprint density at radius 2 is 1.82 bits per heavy atom. The average Bonchev–Trinajstić information content (AvgIpc) is 2.96. The molecular formula is C16H17N3O2S. The van der Waals surface area contributed by atoms with Gasteiger partial charge >= 0.3 is 0 Å². The van der Waals surface area contributed by atoms with Gasteiger partial charge in [-0.1, -0.05) is 6.07 Å². The molecule has 0 radical (unpaired) electrons. The summed E-state index contributed by atoms with van der Waals surface area (Å²) in [4.78, 5) is 7.42. The van der Waals surface area contributed by atoms with Crippen LogP contribution in [-0.4, -0.2) is 25.4 Å². The lowest BCUT2D eigenvalue weighted by Gasteiger charge is -2.20. The number of aromatic amines is 1. The Labute approximate surface area is 129 Å². The van der Waals surface area contributed by atoms with Gasteiger partial charge in [0.05, 0.1) is 27.9 Å². The fourth-order valence-corrected chi connectivity index (χ4v) is 3.56. The van der Waals surface area contributed by atoms with Crippen LogP contribution in [0.4, 0.5) is 5.69 Å². The number of imidazole rings is 1. The molecule has 3 aromatic rings. The topological polar surface area (TPSA) is 66.1 Å². The molecule has 0 bridgehead atoms. The first kappa shape index (κ1) is 14.6. The van der Waals surface area contributed by atoms with Gasteiger partial charge in [-0.15, -0.1) is 0 Å². The van der Waals surface area contributed by atoms with Crippen LogP contribution in [0.15, 0.2) is 47.6 Å². The van der Waals surface area contributed by atoms with E-state index in [-0.39, 0.29) is 0 Å². The van der Waals surface area contributed by atoms with Crippen molar-refractivity contribution < 1.29 is 8.42 Å². The number of hydrogen-bond acceptors (Lipinski definition) is 3. The third kappa shape index (κ3) is 2.35. The molecule has 22 heavy (non-hydrogen) atoms. The van der Waals surface area contributed by atoms with Crippen LogP contribution >= 0.6 is 0 Å². The number of aromatic nitrogens is 2. The molecule has 6 heteroatoms. The van der Waals surface area contributed by atoms with E-state index in [4.69, 9.17) is 0 Å². The van der Waals surface area contributed by atoms with Crippen LogP contribution < -0.4 is 4.31 Å². The number of fused-ring (bicyclic) bond motifs is 1. The first-order chi connectivity index (χ1) is 10.4. The Morgan fingerprint density at radius 3 is 2.55 bits per heavy atom. The van der Waals surface area contributed by atoms with Gasteiger partial charge in [0.2, 0.25) is 0 Å². The predicted octanol–water partition coefficient (Wildman–Crippen LogP) is 3.00. The second kappa shape index (κ2) is 5.14. The first-order valence-electron chi connectivity index (χ1n) is 6.89. The SMILES string of the molecule is Cc1ccc(S(=O)(=O)N(C)c2ccc3nc[nH]c3c2)cc1C. The van der Waals surface area contributed by atoms with Crippen molar-refractivity contribution in [2.75, 3.05) is 11.4 Å². The number of hydrogen-bond donors (Lipinski definition) is 1. The molecule has 0 fully saturated rings. The highest BCUT2D eigenvalue weighted by atomic mass is 32.2. The number of anilines is 1. The summed E-state index contributed by atoms with van der Waals surface area (Å²) >= 11 is 0. The maximum Gasteiger partial charge on any atom is 0.264 e. The van der Waals surface area contributed by atoms with E-state index in [1.807, 2.05) is 19.9 Å². The van der Waals surface area contributed by atoms with Crippen molar-refractivity contribution in [1.82, 2.24) is 9.97 Å². The summed E-state index contributed by atoms with van der Waals surface area (Å²) in [6, 6.07) is 10.5. The minimum absolute atomic E-state index is 0.294. The Kier molecular flexibility index (Phi) is 3.41. The molecule has 0 aliphatic carbocycles. The zero-order valence-electron chi connectivity index (χ0n) is 12.7. The van der Waals surface area contributed by atoms with E-state index in [0.29, 0.717) is 10.6 Å². The molecule has 3 rings (SSSR count). The molecule has 0 saturated heterocycles. The lowest BCUT2D eigenvalue weighted by Crippen LogP contribution is -2.26. The molecule has 0 aliphatic heterocycles. The highest BCUT2D eigenvalue weighted by Crippen LogP contribution is 2.25. The standard InChI is InChI=1S/C16H17N3O2S/c1-11-4-6-14(8-12(11)2)22(20,21)19(3)13-5-7-15-16(9-13)18-10-17-15/h4-10H,1-3H3,(H,17,18). The van der Waals surface area contributed by atoms with Gasteiger partial charge in [0.15, 0.2) is 0 Å². The molecule has 1 aromatic heterocycles. The van der Waals surface area contributed by atoms with Gasteiger partial charge in [0.1, 0.15) is 0 Å². The minimum atomic E-state index is -3.58. The number of nitrogens with zero attached hydrogens (tertiary/aromatic N) is 2. The summed E-state index contributed by atoms with van der Waals surface area (Å²) in [7, 11) is -2.03.